The van der Waals surface area contributed by atoms with E-state index in [4.69, 9.17) is 0 Å². The number of nitrogens with zero attached hydrogens (tertiary/aromatic N) is 5. The predicted octanol–water partition coefficient (Wildman–Crippen LogP) is 3.24. The van der Waals surface area contributed by atoms with Crippen LogP contribution >= 0.6 is 0 Å². The minimum atomic E-state index is -4.68. The Hall–Kier alpha value is -2.65. The SMILES string of the molecule is CC(C)(C)CC(=O)N1CCN(c2ccc(-c3noc(C(F)(F)F)n3)cn2)CC1. The maximum Gasteiger partial charge on any atom is 0.471 e. The van der Waals surface area contributed by atoms with Gasteiger partial charge in [-0.15, -0.1) is 0 Å². The lowest BCUT2D eigenvalue weighted by Crippen LogP contribution is -2.49. The van der Waals surface area contributed by atoms with Gasteiger partial charge in [0.25, 0.3) is 0 Å². The van der Waals surface area contributed by atoms with Crippen molar-refractivity contribution in [2.45, 2.75) is 33.4 Å². The molecule has 28 heavy (non-hydrogen) atoms. The van der Waals surface area contributed by atoms with E-state index in [0.717, 1.165) is 0 Å². The van der Waals surface area contributed by atoms with Gasteiger partial charge in [0.15, 0.2) is 0 Å². The fourth-order valence-corrected chi connectivity index (χ4v) is 2.91. The van der Waals surface area contributed by atoms with Crippen LogP contribution in [0, 0.1) is 5.41 Å². The lowest BCUT2D eigenvalue weighted by Gasteiger charge is -2.36. The van der Waals surface area contributed by atoms with Crippen molar-refractivity contribution in [2.75, 3.05) is 31.1 Å². The van der Waals surface area contributed by atoms with Crippen molar-refractivity contribution < 1.29 is 22.5 Å². The summed E-state index contributed by atoms with van der Waals surface area (Å²) >= 11 is 0. The molecule has 2 aromatic heterocycles. The molecule has 0 spiro atoms. The summed E-state index contributed by atoms with van der Waals surface area (Å²) in [5.41, 5.74) is 0.286. The van der Waals surface area contributed by atoms with Crippen LogP contribution in [0.2, 0.25) is 0 Å². The summed E-state index contributed by atoms with van der Waals surface area (Å²) in [7, 11) is 0. The molecule has 1 saturated heterocycles. The average Bonchev–Trinajstić information content (AvgIpc) is 3.11. The topological polar surface area (TPSA) is 75.4 Å². The molecule has 0 radical (unpaired) electrons. The first kappa shape index (κ1) is 20.1. The molecule has 0 aromatic carbocycles. The smallest absolute Gasteiger partial charge is 0.353 e. The third-order valence-corrected chi connectivity index (χ3v) is 4.31. The molecule has 0 N–H and O–H groups in total. The number of hydrogen-bond acceptors (Lipinski definition) is 6. The molecule has 1 aliphatic heterocycles. The van der Waals surface area contributed by atoms with Crippen molar-refractivity contribution in [1.29, 1.82) is 0 Å². The normalized spacial score (nSPS) is 15.8. The van der Waals surface area contributed by atoms with E-state index in [0.29, 0.717) is 44.0 Å². The summed E-state index contributed by atoms with van der Waals surface area (Å²) in [5, 5.41) is 3.35. The van der Waals surface area contributed by atoms with Crippen LogP contribution in [0.25, 0.3) is 11.4 Å². The Morgan fingerprint density at radius 2 is 1.82 bits per heavy atom. The van der Waals surface area contributed by atoms with Crippen molar-refractivity contribution in [1.82, 2.24) is 20.0 Å². The number of carbonyl (C=O) groups excluding carboxylic acids is 1. The summed E-state index contributed by atoms with van der Waals surface area (Å²) < 4.78 is 41.9. The van der Waals surface area contributed by atoms with E-state index in [1.165, 1.54) is 6.20 Å². The predicted molar refractivity (Wildman–Crippen MR) is 95.4 cm³/mol. The van der Waals surface area contributed by atoms with Crippen LogP contribution in [0.15, 0.2) is 22.9 Å². The largest absolute Gasteiger partial charge is 0.471 e. The van der Waals surface area contributed by atoms with Gasteiger partial charge in [-0.25, -0.2) is 4.98 Å². The molecule has 0 saturated carbocycles. The van der Waals surface area contributed by atoms with Crippen LogP contribution in [-0.4, -0.2) is 52.1 Å². The fraction of sp³-hybridized carbons (Fsp3) is 0.556. The van der Waals surface area contributed by atoms with Gasteiger partial charge >= 0.3 is 12.1 Å². The molecule has 2 aromatic rings. The van der Waals surface area contributed by atoms with E-state index in [9.17, 15) is 18.0 Å². The molecule has 1 fully saturated rings. The first-order valence-corrected chi connectivity index (χ1v) is 8.93. The van der Waals surface area contributed by atoms with E-state index in [-0.39, 0.29) is 17.1 Å². The van der Waals surface area contributed by atoms with Gasteiger partial charge in [0.1, 0.15) is 5.82 Å². The highest BCUT2D eigenvalue weighted by molar-refractivity contribution is 5.77. The average molecular weight is 397 g/mol. The molecule has 0 bridgehead atoms. The highest BCUT2D eigenvalue weighted by atomic mass is 19.4. The number of amides is 1. The van der Waals surface area contributed by atoms with Gasteiger partial charge in [0, 0.05) is 44.4 Å². The Labute approximate surface area is 160 Å². The zero-order chi connectivity index (χ0) is 20.5. The molecule has 0 atom stereocenters. The van der Waals surface area contributed by atoms with Gasteiger partial charge in [-0.2, -0.15) is 18.2 Å². The maximum atomic E-state index is 12.6. The number of piperazine rings is 1. The van der Waals surface area contributed by atoms with Crippen LogP contribution in [0.3, 0.4) is 0 Å². The van der Waals surface area contributed by atoms with Gasteiger partial charge in [0.2, 0.25) is 11.7 Å². The van der Waals surface area contributed by atoms with Crippen LogP contribution in [-0.2, 0) is 11.0 Å². The third-order valence-electron chi connectivity index (χ3n) is 4.31. The van der Waals surface area contributed by atoms with E-state index in [1.807, 2.05) is 30.6 Å². The first-order valence-electron chi connectivity index (χ1n) is 8.93. The molecule has 3 rings (SSSR count). The first-order chi connectivity index (χ1) is 13.0. The number of alkyl halides is 3. The number of aromatic nitrogens is 3. The molecular formula is C18H22F3N5O2. The standard InChI is InChI=1S/C18H22F3N5O2/c1-17(2,3)10-14(27)26-8-6-25(7-9-26)13-5-4-12(11-22-13)15-23-16(28-24-15)18(19,20)21/h4-5,11H,6-10H2,1-3H3. The Kier molecular flexibility index (Phi) is 5.31. The maximum absolute atomic E-state index is 12.6. The minimum absolute atomic E-state index is 0.0489. The molecule has 7 nitrogen and oxygen atoms in total. The highest BCUT2D eigenvalue weighted by Crippen LogP contribution is 2.29. The summed E-state index contributed by atoms with van der Waals surface area (Å²) in [4.78, 5) is 23.9. The van der Waals surface area contributed by atoms with Gasteiger partial charge < -0.3 is 14.3 Å². The van der Waals surface area contributed by atoms with E-state index in [1.54, 1.807) is 12.1 Å². The lowest BCUT2D eigenvalue weighted by molar-refractivity contribution is -0.159. The third kappa shape index (κ3) is 4.79. The fourth-order valence-electron chi connectivity index (χ4n) is 2.91. The molecule has 3 heterocycles. The second-order valence-electron chi connectivity index (χ2n) is 7.93. The monoisotopic (exact) mass is 397 g/mol. The number of pyridine rings is 1. The number of hydrogen-bond donors (Lipinski definition) is 0. The van der Waals surface area contributed by atoms with Gasteiger partial charge in [-0.3, -0.25) is 4.79 Å². The summed E-state index contributed by atoms with van der Waals surface area (Å²) in [6.45, 7) is 8.61. The molecule has 1 amide bonds. The molecule has 152 valence electrons. The van der Waals surface area contributed by atoms with E-state index < -0.39 is 12.1 Å². The van der Waals surface area contributed by atoms with Crippen molar-refractivity contribution >= 4 is 11.7 Å². The molecule has 0 aliphatic carbocycles. The van der Waals surface area contributed by atoms with Crippen LogP contribution in [0.5, 0.6) is 0 Å². The zero-order valence-electron chi connectivity index (χ0n) is 16.0. The molecule has 10 heteroatoms. The van der Waals surface area contributed by atoms with E-state index >= 15 is 0 Å². The Morgan fingerprint density at radius 1 is 1.14 bits per heavy atom. The Bertz CT molecular complexity index is 819. The van der Waals surface area contributed by atoms with Crippen LogP contribution < -0.4 is 4.90 Å². The zero-order valence-corrected chi connectivity index (χ0v) is 16.0. The number of halogens is 3. The number of rotatable bonds is 3. The van der Waals surface area contributed by atoms with Crippen molar-refractivity contribution in [3.63, 3.8) is 0 Å². The molecular weight excluding hydrogens is 375 g/mol. The van der Waals surface area contributed by atoms with E-state index in [2.05, 4.69) is 19.6 Å². The molecule has 0 unspecified atom stereocenters. The summed E-state index contributed by atoms with van der Waals surface area (Å²) in [6.07, 6.45) is -2.76. The number of anilines is 1. The van der Waals surface area contributed by atoms with Gasteiger partial charge in [-0.05, 0) is 17.5 Å². The van der Waals surface area contributed by atoms with Crippen molar-refractivity contribution in [2.24, 2.45) is 5.41 Å². The minimum Gasteiger partial charge on any atom is -0.353 e. The lowest BCUT2D eigenvalue weighted by atomic mass is 9.91. The summed E-state index contributed by atoms with van der Waals surface area (Å²) in [6, 6.07) is 3.30. The molecule has 1 aliphatic rings. The van der Waals surface area contributed by atoms with Gasteiger partial charge in [0.05, 0.1) is 0 Å². The quantitative estimate of drug-likeness (QED) is 0.792. The Balaban J connectivity index is 1.61. The second kappa shape index (κ2) is 7.40. The highest BCUT2D eigenvalue weighted by Gasteiger charge is 2.38. The van der Waals surface area contributed by atoms with Crippen molar-refractivity contribution in [3.05, 3.63) is 24.2 Å². The van der Waals surface area contributed by atoms with Gasteiger partial charge in [-0.1, -0.05) is 25.9 Å². The number of carbonyl (C=O) groups is 1. The Morgan fingerprint density at radius 3 is 2.32 bits per heavy atom. The van der Waals surface area contributed by atoms with Crippen molar-refractivity contribution in [3.8, 4) is 11.4 Å². The van der Waals surface area contributed by atoms with Crippen LogP contribution in [0.1, 0.15) is 33.1 Å². The second-order valence-corrected chi connectivity index (χ2v) is 7.93. The summed E-state index contributed by atoms with van der Waals surface area (Å²) in [5.74, 6) is -0.717. The van der Waals surface area contributed by atoms with Crippen LogP contribution in [0.4, 0.5) is 19.0 Å².